The van der Waals surface area contributed by atoms with Gasteiger partial charge in [-0.15, -0.1) is 0 Å². The van der Waals surface area contributed by atoms with Crippen LogP contribution in [0.4, 0.5) is 11.6 Å². The molecule has 166 valence electrons. The number of sulfonamides is 1. The number of nitrogens with zero attached hydrogens (tertiary/aromatic N) is 2. The van der Waals surface area contributed by atoms with E-state index in [0.717, 1.165) is 24.2 Å². The molecule has 0 saturated heterocycles. The maximum Gasteiger partial charge on any atom is 0.264 e. The molecule has 0 aliphatic carbocycles. The van der Waals surface area contributed by atoms with Crippen molar-refractivity contribution in [2.24, 2.45) is 0 Å². The van der Waals surface area contributed by atoms with Crippen molar-refractivity contribution in [3.8, 4) is 5.75 Å². The molecule has 0 fully saturated rings. The molecule has 2 aromatic carbocycles. The number of aromatic nitrogens is 2. The summed E-state index contributed by atoms with van der Waals surface area (Å²) < 4.78 is 32.9. The average molecular weight is 453 g/mol. The Balaban J connectivity index is 1.62. The first-order chi connectivity index (χ1) is 15.5. The summed E-state index contributed by atoms with van der Waals surface area (Å²) >= 11 is 0. The third kappa shape index (κ3) is 6.64. The first kappa shape index (κ1) is 23.0. The molecule has 1 amide bonds. The minimum absolute atomic E-state index is 0.0195. The van der Waals surface area contributed by atoms with Gasteiger partial charge in [0.1, 0.15) is 5.75 Å². The van der Waals surface area contributed by atoms with E-state index in [1.807, 2.05) is 24.3 Å². The van der Waals surface area contributed by atoms with Crippen LogP contribution in [0, 0.1) is 0 Å². The maximum absolute atomic E-state index is 12.4. The Hall–Kier alpha value is -3.72. The molecule has 0 saturated carbocycles. The van der Waals surface area contributed by atoms with Gasteiger partial charge in [0.25, 0.3) is 10.0 Å². The van der Waals surface area contributed by atoms with Gasteiger partial charge in [-0.2, -0.15) is 0 Å². The fourth-order valence-electron chi connectivity index (χ4n) is 2.67. The van der Waals surface area contributed by atoms with E-state index < -0.39 is 10.0 Å². The fraction of sp³-hybridized carbons (Fsp3) is 0.174. The summed E-state index contributed by atoms with van der Waals surface area (Å²) in [5, 5.41) is 2.71. The number of carbonyl (C=O) groups excluding carboxylic acids is 1. The zero-order valence-corrected chi connectivity index (χ0v) is 18.4. The summed E-state index contributed by atoms with van der Waals surface area (Å²) in [7, 11) is -3.83. The van der Waals surface area contributed by atoms with Crippen LogP contribution in [0.25, 0.3) is 6.08 Å². The van der Waals surface area contributed by atoms with Gasteiger partial charge in [0, 0.05) is 29.7 Å². The highest BCUT2D eigenvalue weighted by atomic mass is 32.2. The van der Waals surface area contributed by atoms with Crippen molar-refractivity contribution in [1.82, 2.24) is 9.97 Å². The highest BCUT2D eigenvalue weighted by Gasteiger charge is 2.15. The molecule has 0 radical (unpaired) electrons. The molecule has 0 aliphatic heterocycles. The molecular formula is C23H24N4O4S. The second-order valence-corrected chi connectivity index (χ2v) is 8.45. The lowest BCUT2D eigenvalue weighted by Gasteiger charge is -2.09. The molecule has 1 heterocycles. The van der Waals surface area contributed by atoms with E-state index in [4.69, 9.17) is 4.74 Å². The molecule has 0 aliphatic rings. The van der Waals surface area contributed by atoms with Gasteiger partial charge < -0.3 is 10.1 Å². The van der Waals surface area contributed by atoms with Crippen LogP contribution in [0.5, 0.6) is 5.75 Å². The van der Waals surface area contributed by atoms with Crippen LogP contribution in [0.15, 0.2) is 78.0 Å². The molecule has 32 heavy (non-hydrogen) atoms. The lowest BCUT2D eigenvalue weighted by atomic mass is 10.2. The average Bonchev–Trinajstić information content (AvgIpc) is 2.79. The molecule has 0 unspecified atom stereocenters. The summed E-state index contributed by atoms with van der Waals surface area (Å²) in [6.45, 7) is 2.71. The van der Waals surface area contributed by atoms with Gasteiger partial charge in [-0.05, 0) is 48.9 Å². The van der Waals surface area contributed by atoms with Gasteiger partial charge in [-0.1, -0.05) is 31.5 Å². The number of hydrogen-bond donors (Lipinski definition) is 2. The van der Waals surface area contributed by atoms with Crippen molar-refractivity contribution < 1.29 is 17.9 Å². The molecule has 9 heteroatoms. The molecule has 8 nitrogen and oxygen atoms in total. The number of nitrogens with one attached hydrogen (secondary N) is 2. The summed E-state index contributed by atoms with van der Waals surface area (Å²) in [6, 6.07) is 14.9. The number of para-hydroxylation sites is 1. The monoisotopic (exact) mass is 452 g/mol. The van der Waals surface area contributed by atoms with Crippen molar-refractivity contribution in [1.29, 1.82) is 0 Å². The SMILES string of the molecule is CCCCOc1ccccc1C=CC(=O)Nc1ccc(S(=O)(=O)Nc2ncccn2)cc1. The molecule has 3 rings (SSSR count). The van der Waals surface area contributed by atoms with Crippen molar-refractivity contribution >= 4 is 33.6 Å². The third-order valence-corrected chi connectivity index (χ3v) is 5.66. The lowest BCUT2D eigenvalue weighted by molar-refractivity contribution is -0.111. The second kappa shape index (κ2) is 11.1. The zero-order valence-electron chi connectivity index (χ0n) is 17.6. The number of rotatable bonds is 10. The lowest BCUT2D eigenvalue weighted by Crippen LogP contribution is -2.15. The number of anilines is 2. The number of ether oxygens (including phenoxy) is 1. The van der Waals surface area contributed by atoms with Crippen LogP contribution in [0.1, 0.15) is 25.3 Å². The number of hydrogen-bond acceptors (Lipinski definition) is 6. The first-order valence-corrected chi connectivity index (χ1v) is 11.6. The van der Waals surface area contributed by atoms with Crippen LogP contribution in [-0.2, 0) is 14.8 Å². The van der Waals surface area contributed by atoms with Gasteiger partial charge >= 0.3 is 0 Å². The van der Waals surface area contributed by atoms with Crippen molar-refractivity contribution in [2.45, 2.75) is 24.7 Å². The summed E-state index contributed by atoms with van der Waals surface area (Å²) in [5.74, 6) is 0.350. The van der Waals surface area contributed by atoms with Crippen LogP contribution in [0.2, 0.25) is 0 Å². The van der Waals surface area contributed by atoms with E-state index in [9.17, 15) is 13.2 Å². The smallest absolute Gasteiger partial charge is 0.264 e. The Morgan fingerprint density at radius 3 is 2.47 bits per heavy atom. The number of carbonyl (C=O) groups is 1. The molecule has 3 aromatic rings. The highest BCUT2D eigenvalue weighted by molar-refractivity contribution is 7.92. The minimum Gasteiger partial charge on any atom is -0.493 e. The second-order valence-electron chi connectivity index (χ2n) is 6.76. The van der Waals surface area contributed by atoms with Crippen molar-refractivity contribution in [2.75, 3.05) is 16.6 Å². The normalized spacial score (nSPS) is 11.3. The van der Waals surface area contributed by atoms with Gasteiger partial charge in [0.05, 0.1) is 11.5 Å². The number of benzene rings is 2. The predicted molar refractivity (Wildman–Crippen MR) is 124 cm³/mol. The standard InChI is InChI=1S/C23H24N4O4S/c1-2-3-17-31-21-8-5-4-7-18(21)9-14-22(28)26-19-10-12-20(13-11-19)32(29,30)27-23-24-15-6-16-25-23/h4-16H,2-3,17H2,1H3,(H,26,28)(H,24,25,27). The quantitative estimate of drug-likeness (QED) is 0.354. The van der Waals surface area contributed by atoms with E-state index in [1.54, 1.807) is 12.1 Å². The highest BCUT2D eigenvalue weighted by Crippen LogP contribution is 2.20. The van der Waals surface area contributed by atoms with Crippen molar-refractivity contribution in [3.05, 3.63) is 78.6 Å². The Morgan fingerprint density at radius 2 is 1.75 bits per heavy atom. The summed E-state index contributed by atoms with van der Waals surface area (Å²) in [4.78, 5) is 20.0. The maximum atomic E-state index is 12.4. The van der Waals surface area contributed by atoms with Gasteiger partial charge in [0.2, 0.25) is 11.9 Å². The van der Waals surface area contributed by atoms with E-state index in [0.29, 0.717) is 12.3 Å². The first-order valence-electron chi connectivity index (χ1n) is 10.1. The Kier molecular flexibility index (Phi) is 7.93. The largest absolute Gasteiger partial charge is 0.493 e. The topological polar surface area (TPSA) is 110 Å². The van der Waals surface area contributed by atoms with Gasteiger partial charge in [0.15, 0.2) is 0 Å². The van der Waals surface area contributed by atoms with E-state index in [-0.39, 0.29) is 16.8 Å². The Bertz CT molecular complexity index is 1160. The van der Waals surface area contributed by atoms with Crippen LogP contribution >= 0.6 is 0 Å². The fourth-order valence-corrected chi connectivity index (χ4v) is 3.63. The van der Waals surface area contributed by atoms with Crippen LogP contribution < -0.4 is 14.8 Å². The molecule has 0 spiro atoms. The molecule has 2 N–H and O–H groups in total. The molecule has 1 aromatic heterocycles. The van der Waals surface area contributed by atoms with Crippen LogP contribution in [0.3, 0.4) is 0 Å². The van der Waals surface area contributed by atoms with E-state index >= 15 is 0 Å². The van der Waals surface area contributed by atoms with Gasteiger partial charge in [-0.25, -0.2) is 23.1 Å². The molecular weight excluding hydrogens is 428 g/mol. The molecule has 0 atom stereocenters. The summed E-state index contributed by atoms with van der Waals surface area (Å²) in [6.07, 6.45) is 7.95. The zero-order chi connectivity index (χ0) is 22.8. The predicted octanol–water partition coefficient (Wildman–Crippen LogP) is 4.11. The van der Waals surface area contributed by atoms with E-state index in [1.165, 1.54) is 42.7 Å². The van der Waals surface area contributed by atoms with Crippen LogP contribution in [-0.4, -0.2) is 30.9 Å². The summed E-state index contributed by atoms with van der Waals surface area (Å²) in [5.41, 5.74) is 1.26. The Labute approximate surface area is 187 Å². The number of unbranched alkanes of at least 4 members (excludes halogenated alkanes) is 1. The van der Waals surface area contributed by atoms with E-state index in [2.05, 4.69) is 26.9 Å². The number of amides is 1. The molecule has 0 bridgehead atoms. The Morgan fingerprint density at radius 1 is 1.03 bits per heavy atom. The van der Waals surface area contributed by atoms with Gasteiger partial charge in [-0.3, -0.25) is 4.79 Å². The van der Waals surface area contributed by atoms with Crippen molar-refractivity contribution in [3.63, 3.8) is 0 Å². The minimum atomic E-state index is -3.83. The third-order valence-electron chi connectivity index (χ3n) is 4.31.